The van der Waals surface area contributed by atoms with E-state index in [-0.39, 0.29) is 0 Å². The van der Waals surface area contributed by atoms with Crippen molar-refractivity contribution >= 4 is 0 Å². The zero-order valence-electron chi connectivity index (χ0n) is 11.8. The van der Waals surface area contributed by atoms with E-state index in [0.717, 1.165) is 25.1 Å². The minimum Gasteiger partial charge on any atom is -0.378 e. The molecule has 2 aliphatic rings. The summed E-state index contributed by atoms with van der Waals surface area (Å²) >= 11 is 0. The van der Waals surface area contributed by atoms with E-state index in [2.05, 4.69) is 26.1 Å². The van der Waals surface area contributed by atoms with Gasteiger partial charge in [0.15, 0.2) is 0 Å². The van der Waals surface area contributed by atoms with Crippen LogP contribution in [0.1, 0.15) is 59.3 Å². The Labute approximate surface area is 107 Å². The van der Waals surface area contributed by atoms with Crippen LogP contribution in [0.5, 0.6) is 0 Å². The molecule has 2 nitrogen and oxygen atoms in total. The predicted molar refractivity (Wildman–Crippen MR) is 72.2 cm³/mol. The Morgan fingerprint density at radius 2 is 2.00 bits per heavy atom. The average molecular weight is 239 g/mol. The van der Waals surface area contributed by atoms with Gasteiger partial charge in [0, 0.05) is 18.1 Å². The lowest BCUT2D eigenvalue weighted by Gasteiger charge is -2.54. The van der Waals surface area contributed by atoms with Gasteiger partial charge in [0.05, 0.1) is 6.10 Å². The van der Waals surface area contributed by atoms with Crippen molar-refractivity contribution in [2.24, 2.45) is 11.3 Å². The smallest absolute Gasteiger partial charge is 0.0661 e. The zero-order chi connectivity index (χ0) is 12.3. The lowest BCUT2D eigenvalue weighted by molar-refractivity contribution is -0.134. The van der Waals surface area contributed by atoms with Crippen molar-refractivity contribution in [3.8, 4) is 0 Å². The molecule has 0 aromatic heterocycles. The molecule has 0 amide bonds. The van der Waals surface area contributed by atoms with Gasteiger partial charge in [-0.15, -0.1) is 0 Å². The maximum atomic E-state index is 6.16. The molecule has 2 heteroatoms. The molecule has 0 aromatic rings. The molecule has 17 heavy (non-hydrogen) atoms. The molecule has 0 heterocycles. The molecule has 2 saturated carbocycles. The third-order valence-electron chi connectivity index (χ3n) is 4.78. The quantitative estimate of drug-likeness (QED) is 0.767. The Morgan fingerprint density at radius 1 is 1.29 bits per heavy atom. The SMILES string of the molecule is CCNC1CC(OCCC(C)C)C12CCCC2. The van der Waals surface area contributed by atoms with E-state index in [1.165, 1.54) is 38.5 Å². The highest BCUT2D eigenvalue weighted by Gasteiger charge is 2.56. The van der Waals surface area contributed by atoms with Crippen LogP contribution < -0.4 is 5.32 Å². The topological polar surface area (TPSA) is 21.3 Å². The summed E-state index contributed by atoms with van der Waals surface area (Å²) in [4.78, 5) is 0. The van der Waals surface area contributed by atoms with E-state index in [1.807, 2.05) is 0 Å². The first-order valence-electron chi connectivity index (χ1n) is 7.54. The third-order valence-corrected chi connectivity index (χ3v) is 4.78. The predicted octanol–water partition coefficient (Wildman–Crippen LogP) is 3.36. The molecule has 0 aromatic carbocycles. The summed E-state index contributed by atoms with van der Waals surface area (Å²) in [5.41, 5.74) is 0.507. The summed E-state index contributed by atoms with van der Waals surface area (Å²) in [5, 5.41) is 3.66. The van der Waals surface area contributed by atoms with Crippen LogP contribution in [0.15, 0.2) is 0 Å². The van der Waals surface area contributed by atoms with E-state index >= 15 is 0 Å². The highest BCUT2D eigenvalue weighted by Crippen LogP contribution is 2.54. The van der Waals surface area contributed by atoms with Gasteiger partial charge in [-0.2, -0.15) is 0 Å². The van der Waals surface area contributed by atoms with Crippen molar-refractivity contribution in [1.29, 1.82) is 0 Å². The van der Waals surface area contributed by atoms with Crippen molar-refractivity contribution < 1.29 is 4.74 Å². The Hall–Kier alpha value is -0.0800. The summed E-state index contributed by atoms with van der Waals surface area (Å²) < 4.78 is 6.16. The standard InChI is InChI=1S/C15H29NO/c1-4-16-13-11-14(17-10-7-12(2)3)15(13)8-5-6-9-15/h12-14,16H,4-11H2,1-3H3. The Morgan fingerprint density at radius 3 is 2.59 bits per heavy atom. The fourth-order valence-corrected chi connectivity index (χ4v) is 3.66. The molecule has 100 valence electrons. The van der Waals surface area contributed by atoms with Gasteiger partial charge in [-0.3, -0.25) is 0 Å². The van der Waals surface area contributed by atoms with Gasteiger partial charge in [-0.05, 0) is 38.1 Å². The van der Waals surface area contributed by atoms with E-state index in [1.54, 1.807) is 0 Å². The lowest BCUT2D eigenvalue weighted by atomic mass is 9.60. The van der Waals surface area contributed by atoms with Crippen molar-refractivity contribution in [3.63, 3.8) is 0 Å². The second-order valence-corrected chi connectivity index (χ2v) is 6.33. The zero-order valence-corrected chi connectivity index (χ0v) is 11.8. The fourth-order valence-electron chi connectivity index (χ4n) is 3.66. The van der Waals surface area contributed by atoms with Gasteiger partial charge >= 0.3 is 0 Å². The molecular weight excluding hydrogens is 210 g/mol. The Bertz CT molecular complexity index is 233. The largest absolute Gasteiger partial charge is 0.378 e. The molecule has 2 atom stereocenters. The number of ether oxygens (including phenoxy) is 1. The number of nitrogens with one attached hydrogen (secondary N) is 1. The van der Waals surface area contributed by atoms with Gasteiger partial charge in [-0.1, -0.05) is 33.6 Å². The molecule has 2 aliphatic carbocycles. The van der Waals surface area contributed by atoms with Crippen LogP contribution in [-0.4, -0.2) is 25.3 Å². The molecule has 0 saturated heterocycles. The first kappa shape index (κ1) is 13.4. The normalized spacial score (nSPS) is 31.1. The van der Waals surface area contributed by atoms with E-state index in [4.69, 9.17) is 4.74 Å². The Kier molecular flexibility index (Phi) is 4.48. The highest BCUT2D eigenvalue weighted by atomic mass is 16.5. The summed E-state index contributed by atoms with van der Waals surface area (Å²) in [6.45, 7) is 8.83. The van der Waals surface area contributed by atoms with Crippen molar-refractivity contribution in [3.05, 3.63) is 0 Å². The van der Waals surface area contributed by atoms with Crippen LogP contribution in [0.2, 0.25) is 0 Å². The number of hydrogen-bond acceptors (Lipinski definition) is 2. The molecular formula is C15H29NO. The minimum atomic E-state index is 0.507. The summed E-state index contributed by atoms with van der Waals surface area (Å²) in [6, 6.07) is 0.735. The lowest BCUT2D eigenvalue weighted by Crippen LogP contribution is -2.62. The van der Waals surface area contributed by atoms with E-state index in [9.17, 15) is 0 Å². The van der Waals surface area contributed by atoms with Gasteiger partial charge in [0.2, 0.25) is 0 Å². The first-order valence-corrected chi connectivity index (χ1v) is 7.54. The average Bonchev–Trinajstić information content (AvgIpc) is 2.78. The molecule has 0 radical (unpaired) electrons. The van der Waals surface area contributed by atoms with Crippen LogP contribution in [0.4, 0.5) is 0 Å². The van der Waals surface area contributed by atoms with E-state index < -0.39 is 0 Å². The molecule has 0 aliphatic heterocycles. The number of rotatable bonds is 6. The molecule has 2 rings (SSSR count). The van der Waals surface area contributed by atoms with Gasteiger partial charge < -0.3 is 10.1 Å². The Balaban J connectivity index is 1.82. The minimum absolute atomic E-state index is 0.507. The molecule has 0 bridgehead atoms. The molecule has 2 fully saturated rings. The highest BCUT2D eigenvalue weighted by molar-refractivity contribution is 5.09. The summed E-state index contributed by atoms with van der Waals surface area (Å²) in [5.74, 6) is 0.763. The van der Waals surface area contributed by atoms with Crippen molar-refractivity contribution in [1.82, 2.24) is 5.32 Å². The second-order valence-electron chi connectivity index (χ2n) is 6.33. The second kappa shape index (κ2) is 5.71. The first-order chi connectivity index (χ1) is 8.19. The van der Waals surface area contributed by atoms with Crippen LogP contribution in [0.25, 0.3) is 0 Å². The molecule has 2 unspecified atom stereocenters. The number of hydrogen-bond donors (Lipinski definition) is 1. The van der Waals surface area contributed by atoms with E-state index in [0.29, 0.717) is 11.5 Å². The van der Waals surface area contributed by atoms with Crippen molar-refractivity contribution in [2.45, 2.75) is 71.4 Å². The third kappa shape index (κ3) is 2.68. The van der Waals surface area contributed by atoms with Gasteiger partial charge in [0.1, 0.15) is 0 Å². The summed E-state index contributed by atoms with van der Waals surface area (Å²) in [6.07, 6.45) is 8.59. The van der Waals surface area contributed by atoms with Crippen LogP contribution >= 0.6 is 0 Å². The summed E-state index contributed by atoms with van der Waals surface area (Å²) in [7, 11) is 0. The fraction of sp³-hybridized carbons (Fsp3) is 1.00. The van der Waals surface area contributed by atoms with Crippen LogP contribution in [0, 0.1) is 11.3 Å². The monoisotopic (exact) mass is 239 g/mol. The maximum Gasteiger partial charge on any atom is 0.0661 e. The molecule has 1 spiro atoms. The van der Waals surface area contributed by atoms with Gasteiger partial charge in [0.25, 0.3) is 0 Å². The maximum absolute atomic E-state index is 6.16. The van der Waals surface area contributed by atoms with Gasteiger partial charge in [-0.25, -0.2) is 0 Å². The van der Waals surface area contributed by atoms with Crippen LogP contribution in [0.3, 0.4) is 0 Å². The van der Waals surface area contributed by atoms with Crippen LogP contribution in [-0.2, 0) is 4.74 Å². The molecule has 1 N–H and O–H groups in total. The van der Waals surface area contributed by atoms with Crippen molar-refractivity contribution in [2.75, 3.05) is 13.2 Å².